The van der Waals surface area contributed by atoms with Crippen LogP contribution in [0.4, 0.5) is 0 Å². The van der Waals surface area contributed by atoms with Gasteiger partial charge in [0, 0.05) is 18.1 Å². The lowest BCUT2D eigenvalue weighted by atomic mass is 9.79. The second kappa shape index (κ2) is 5.04. The molecule has 3 aliphatic carbocycles. The van der Waals surface area contributed by atoms with E-state index in [1.54, 1.807) is 19.3 Å². The van der Waals surface area contributed by atoms with Crippen LogP contribution in [-0.4, -0.2) is 24.7 Å². The van der Waals surface area contributed by atoms with E-state index in [1.807, 2.05) is 0 Å². The molecule has 7 unspecified atom stereocenters. The zero-order valence-electron chi connectivity index (χ0n) is 12.4. The molecule has 2 heteroatoms. The summed E-state index contributed by atoms with van der Waals surface area (Å²) in [6.45, 7) is 3.66. The molecule has 4 rings (SSSR count). The Morgan fingerprint density at radius 2 is 1.95 bits per heavy atom. The predicted octanol–water partition coefficient (Wildman–Crippen LogP) is 2.93. The Morgan fingerprint density at radius 1 is 1.05 bits per heavy atom. The molecule has 2 nitrogen and oxygen atoms in total. The maximum atomic E-state index is 4.01. The van der Waals surface area contributed by atoms with Gasteiger partial charge in [0.1, 0.15) is 0 Å². The van der Waals surface area contributed by atoms with Crippen molar-refractivity contribution in [3.63, 3.8) is 0 Å². The summed E-state index contributed by atoms with van der Waals surface area (Å²) in [6.07, 6.45) is 11.8. The van der Waals surface area contributed by atoms with E-state index in [-0.39, 0.29) is 0 Å². The number of hydrogen-bond acceptors (Lipinski definition) is 2. The Morgan fingerprint density at radius 3 is 2.79 bits per heavy atom. The van der Waals surface area contributed by atoms with Crippen LogP contribution in [0.2, 0.25) is 0 Å². The minimum absolute atomic E-state index is 0.708. The Balaban J connectivity index is 1.31. The molecule has 2 N–H and O–H groups in total. The zero-order chi connectivity index (χ0) is 12.8. The van der Waals surface area contributed by atoms with Crippen LogP contribution in [0.1, 0.15) is 58.3 Å². The maximum absolute atomic E-state index is 4.01. The van der Waals surface area contributed by atoms with E-state index in [9.17, 15) is 0 Å². The molecular formula is C17H30N2. The molecule has 7 atom stereocenters. The van der Waals surface area contributed by atoms with Gasteiger partial charge in [-0.15, -0.1) is 0 Å². The summed E-state index contributed by atoms with van der Waals surface area (Å²) in [4.78, 5) is 0. The number of fused-ring (bicyclic) bond motifs is 5. The van der Waals surface area contributed by atoms with Gasteiger partial charge < -0.3 is 10.6 Å². The fourth-order valence-corrected chi connectivity index (χ4v) is 6.08. The summed E-state index contributed by atoms with van der Waals surface area (Å²) in [5, 5.41) is 7.65. The summed E-state index contributed by atoms with van der Waals surface area (Å²) in [5.74, 6) is 4.37. The lowest BCUT2D eigenvalue weighted by molar-refractivity contribution is 0.196. The van der Waals surface area contributed by atoms with Crippen molar-refractivity contribution < 1.29 is 0 Å². The molecule has 2 bridgehead atoms. The highest BCUT2D eigenvalue weighted by Gasteiger charge is 2.53. The van der Waals surface area contributed by atoms with Crippen molar-refractivity contribution in [2.24, 2.45) is 23.7 Å². The van der Waals surface area contributed by atoms with E-state index in [0.717, 1.165) is 35.8 Å². The third-order valence-corrected chi connectivity index (χ3v) is 6.73. The average molecular weight is 262 g/mol. The van der Waals surface area contributed by atoms with Crippen molar-refractivity contribution in [1.82, 2.24) is 10.6 Å². The minimum Gasteiger partial charge on any atom is -0.314 e. The molecule has 4 aliphatic rings. The normalized spacial score (nSPS) is 49.7. The molecule has 0 radical (unpaired) electrons. The van der Waals surface area contributed by atoms with E-state index < -0.39 is 0 Å². The van der Waals surface area contributed by atoms with Crippen molar-refractivity contribution in [1.29, 1.82) is 0 Å². The molecule has 108 valence electrons. The first-order chi connectivity index (χ1) is 9.31. The highest BCUT2D eigenvalue weighted by molar-refractivity contribution is 5.06. The van der Waals surface area contributed by atoms with E-state index in [2.05, 4.69) is 17.6 Å². The fraction of sp³-hybridized carbons (Fsp3) is 1.00. The fourth-order valence-electron chi connectivity index (χ4n) is 6.08. The van der Waals surface area contributed by atoms with Crippen LogP contribution in [0.3, 0.4) is 0 Å². The van der Waals surface area contributed by atoms with Crippen LogP contribution in [0.15, 0.2) is 0 Å². The van der Waals surface area contributed by atoms with Crippen molar-refractivity contribution in [2.45, 2.75) is 76.4 Å². The minimum atomic E-state index is 0.708. The number of hydrogen-bond donors (Lipinski definition) is 2. The molecule has 1 heterocycles. The molecule has 0 amide bonds. The third kappa shape index (κ3) is 2.25. The van der Waals surface area contributed by atoms with Crippen molar-refractivity contribution in [3.8, 4) is 0 Å². The van der Waals surface area contributed by atoms with Crippen molar-refractivity contribution in [2.75, 3.05) is 6.54 Å². The SMILES string of the molecule is CC(CC1CCCN1)NC1CC2CC1C1CCCC21. The summed E-state index contributed by atoms with van der Waals surface area (Å²) in [7, 11) is 0. The Hall–Kier alpha value is -0.0800. The molecule has 1 saturated heterocycles. The van der Waals surface area contributed by atoms with Crippen molar-refractivity contribution in [3.05, 3.63) is 0 Å². The molecule has 0 spiro atoms. The van der Waals surface area contributed by atoms with Crippen molar-refractivity contribution >= 4 is 0 Å². The molecule has 0 aromatic carbocycles. The van der Waals surface area contributed by atoms with Gasteiger partial charge in [0.15, 0.2) is 0 Å². The van der Waals surface area contributed by atoms with E-state index in [4.69, 9.17) is 0 Å². The second-order valence-corrected chi connectivity index (χ2v) is 7.86. The maximum Gasteiger partial charge on any atom is 0.0103 e. The Kier molecular flexibility index (Phi) is 3.35. The third-order valence-electron chi connectivity index (χ3n) is 6.73. The summed E-state index contributed by atoms with van der Waals surface area (Å²) in [6, 6.07) is 2.36. The summed E-state index contributed by atoms with van der Waals surface area (Å²) >= 11 is 0. The molecule has 4 fully saturated rings. The van der Waals surface area contributed by atoms with Gasteiger partial charge in [0.2, 0.25) is 0 Å². The highest BCUT2D eigenvalue weighted by Crippen LogP contribution is 2.58. The van der Waals surface area contributed by atoms with E-state index in [0.29, 0.717) is 6.04 Å². The van der Waals surface area contributed by atoms with E-state index >= 15 is 0 Å². The van der Waals surface area contributed by atoms with Crippen LogP contribution in [0, 0.1) is 23.7 Å². The predicted molar refractivity (Wildman–Crippen MR) is 79.1 cm³/mol. The highest BCUT2D eigenvalue weighted by atomic mass is 15.0. The summed E-state index contributed by atoms with van der Waals surface area (Å²) in [5.41, 5.74) is 0. The van der Waals surface area contributed by atoms with Crippen LogP contribution >= 0.6 is 0 Å². The molecule has 19 heavy (non-hydrogen) atoms. The number of nitrogens with one attached hydrogen (secondary N) is 2. The molecule has 3 saturated carbocycles. The van der Waals surface area contributed by atoms with Gasteiger partial charge in [0.25, 0.3) is 0 Å². The van der Waals surface area contributed by atoms with Gasteiger partial charge in [-0.3, -0.25) is 0 Å². The Labute approximate surface area is 118 Å². The molecular weight excluding hydrogens is 232 g/mol. The van der Waals surface area contributed by atoms with Crippen LogP contribution in [0.25, 0.3) is 0 Å². The first-order valence-electron chi connectivity index (χ1n) is 8.80. The zero-order valence-corrected chi connectivity index (χ0v) is 12.4. The van der Waals surface area contributed by atoms with E-state index in [1.165, 1.54) is 38.6 Å². The van der Waals surface area contributed by atoms with Gasteiger partial charge in [-0.05, 0) is 82.1 Å². The van der Waals surface area contributed by atoms with Crippen LogP contribution in [0.5, 0.6) is 0 Å². The standard InChI is InChI=1S/C17H30N2/c1-11(8-13-4-3-7-18-13)19-17-10-12-9-16(17)15-6-2-5-14(12)15/h11-19H,2-10H2,1H3. The first-order valence-corrected chi connectivity index (χ1v) is 8.80. The molecule has 0 aromatic rings. The largest absolute Gasteiger partial charge is 0.314 e. The molecule has 1 aliphatic heterocycles. The average Bonchev–Trinajstić information content (AvgIpc) is 3.10. The quantitative estimate of drug-likeness (QED) is 0.814. The molecule has 0 aromatic heterocycles. The monoisotopic (exact) mass is 262 g/mol. The number of rotatable bonds is 4. The topological polar surface area (TPSA) is 24.1 Å². The van der Waals surface area contributed by atoms with Gasteiger partial charge >= 0.3 is 0 Å². The lowest BCUT2D eigenvalue weighted by Crippen LogP contribution is -2.45. The van der Waals surface area contributed by atoms with Gasteiger partial charge in [0.05, 0.1) is 0 Å². The Bertz CT molecular complexity index is 323. The second-order valence-electron chi connectivity index (χ2n) is 7.86. The lowest BCUT2D eigenvalue weighted by Gasteiger charge is -2.34. The smallest absolute Gasteiger partial charge is 0.0103 e. The van der Waals surface area contributed by atoms with Gasteiger partial charge in [-0.1, -0.05) is 6.42 Å². The van der Waals surface area contributed by atoms with Gasteiger partial charge in [-0.2, -0.15) is 0 Å². The first kappa shape index (κ1) is 12.6. The van der Waals surface area contributed by atoms with Crippen LogP contribution < -0.4 is 10.6 Å². The van der Waals surface area contributed by atoms with Crippen LogP contribution in [-0.2, 0) is 0 Å². The summed E-state index contributed by atoms with van der Waals surface area (Å²) < 4.78 is 0. The van der Waals surface area contributed by atoms with Gasteiger partial charge in [-0.25, -0.2) is 0 Å².